The molecule has 4 heteroatoms. The maximum Gasteiger partial charge on any atom is 0.144 e. The second kappa shape index (κ2) is 3.24. The highest BCUT2D eigenvalue weighted by molar-refractivity contribution is 5.84. The lowest BCUT2D eigenvalue weighted by atomic mass is 10.1. The molecule has 0 spiro atoms. The molecule has 1 aromatic heterocycles. The number of fused-ring (bicyclic) bond motifs is 1. The van der Waals surface area contributed by atoms with Gasteiger partial charge in [0.05, 0.1) is 19.3 Å². The van der Waals surface area contributed by atoms with Crippen LogP contribution < -0.4 is 10.1 Å². The molecular weight excluding hydrogens is 190 g/mol. The van der Waals surface area contributed by atoms with Crippen molar-refractivity contribution in [3.63, 3.8) is 0 Å². The summed E-state index contributed by atoms with van der Waals surface area (Å²) in [7, 11) is 1.70. The van der Waals surface area contributed by atoms with Gasteiger partial charge in [-0.1, -0.05) is 12.1 Å². The van der Waals surface area contributed by atoms with Crippen molar-refractivity contribution in [2.24, 2.45) is 0 Å². The Balaban J connectivity index is 2.20. The zero-order valence-corrected chi connectivity index (χ0v) is 8.60. The summed E-state index contributed by atoms with van der Waals surface area (Å²) in [5.74, 6) is 0.900. The van der Waals surface area contributed by atoms with E-state index in [9.17, 15) is 0 Å². The van der Waals surface area contributed by atoms with Crippen molar-refractivity contribution < 1.29 is 4.74 Å². The Bertz CT molecular complexity index is 488. The van der Waals surface area contributed by atoms with E-state index in [2.05, 4.69) is 21.2 Å². The highest BCUT2D eigenvalue weighted by Crippen LogP contribution is 2.28. The average Bonchev–Trinajstić information content (AvgIpc) is 2.59. The van der Waals surface area contributed by atoms with Crippen LogP contribution in [-0.4, -0.2) is 30.0 Å². The van der Waals surface area contributed by atoms with Crippen LogP contribution in [-0.2, 0) is 0 Å². The minimum absolute atomic E-state index is 0.471. The highest BCUT2D eigenvalue weighted by Gasteiger charge is 2.22. The van der Waals surface area contributed by atoms with Gasteiger partial charge in [0.2, 0.25) is 0 Å². The van der Waals surface area contributed by atoms with Crippen molar-refractivity contribution in [2.45, 2.75) is 6.04 Å². The van der Waals surface area contributed by atoms with Crippen LogP contribution in [0.25, 0.3) is 10.9 Å². The molecule has 0 atom stereocenters. The molecule has 1 aliphatic heterocycles. The summed E-state index contributed by atoms with van der Waals surface area (Å²) in [4.78, 5) is 0. The van der Waals surface area contributed by atoms with Gasteiger partial charge in [0.25, 0.3) is 0 Å². The average molecular weight is 203 g/mol. The van der Waals surface area contributed by atoms with Crippen molar-refractivity contribution in [2.75, 3.05) is 20.2 Å². The first-order chi connectivity index (χ1) is 7.40. The minimum atomic E-state index is 0.471. The Kier molecular flexibility index (Phi) is 1.89. The van der Waals surface area contributed by atoms with Crippen LogP contribution in [0.1, 0.15) is 6.04 Å². The van der Waals surface area contributed by atoms with E-state index in [1.807, 2.05) is 18.3 Å². The van der Waals surface area contributed by atoms with Gasteiger partial charge < -0.3 is 10.1 Å². The fourth-order valence-electron chi connectivity index (χ4n) is 1.96. The van der Waals surface area contributed by atoms with E-state index in [1.165, 1.54) is 0 Å². The number of rotatable bonds is 2. The first-order valence-electron chi connectivity index (χ1n) is 5.11. The molecule has 1 saturated heterocycles. The first kappa shape index (κ1) is 8.73. The molecule has 15 heavy (non-hydrogen) atoms. The van der Waals surface area contributed by atoms with Crippen LogP contribution >= 0.6 is 0 Å². The molecule has 4 nitrogen and oxygen atoms in total. The quantitative estimate of drug-likeness (QED) is 0.796. The van der Waals surface area contributed by atoms with Crippen LogP contribution in [0.3, 0.4) is 0 Å². The fourth-order valence-corrected chi connectivity index (χ4v) is 1.96. The zero-order chi connectivity index (χ0) is 10.3. The molecule has 0 radical (unpaired) electrons. The van der Waals surface area contributed by atoms with Crippen LogP contribution in [0.5, 0.6) is 5.75 Å². The first-order valence-corrected chi connectivity index (χ1v) is 5.11. The normalized spacial score (nSPS) is 16.6. The number of nitrogens with zero attached hydrogens (tertiary/aromatic N) is 2. The molecule has 2 heterocycles. The summed E-state index contributed by atoms with van der Waals surface area (Å²) >= 11 is 0. The lowest BCUT2D eigenvalue weighted by molar-refractivity contribution is 0.323. The van der Waals surface area contributed by atoms with E-state index in [-0.39, 0.29) is 0 Å². The van der Waals surface area contributed by atoms with E-state index in [4.69, 9.17) is 4.74 Å². The molecule has 0 aliphatic carbocycles. The van der Waals surface area contributed by atoms with Crippen LogP contribution in [0, 0.1) is 0 Å². The van der Waals surface area contributed by atoms with Crippen LogP contribution in [0.2, 0.25) is 0 Å². The maximum absolute atomic E-state index is 5.36. The SMILES string of the molecule is COc1cccc2cnn(C3CNC3)c12. The predicted octanol–water partition coefficient (Wildman–Crippen LogP) is 1.19. The number of nitrogens with one attached hydrogen (secondary N) is 1. The predicted molar refractivity (Wildman–Crippen MR) is 58.2 cm³/mol. The summed E-state index contributed by atoms with van der Waals surface area (Å²) in [5.41, 5.74) is 1.10. The Labute approximate surface area is 87.8 Å². The van der Waals surface area contributed by atoms with E-state index in [0.29, 0.717) is 6.04 Å². The van der Waals surface area contributed by atoms with Gasteiger partial charge in [0.1, 0.15) is 11.3 Å². The number of para-hydroxylation sites is 1. The summed E-state index contributed by atoms with van der Waals surface area (Å²) in [6.07, 6.45) is 1.90. The monoisotopic (exact) mass is 203 g/mol. The number of ether oxygens (including phenoxy) is 1. The van der Waals surface area contributed by atoms with Crippen molar-refractivity contribution in [3.05, 3.63) is 24.4 Å². The van der Waals surface area contributed by atoms with Gasteiger partial charge in [-0.05, 0) is 6.07 Å². The molecule has 2 aromatic rings. The van der Waals surface area contributed by atoms with Crippen molar-refractivity contribution in [1.82, 2.24) is 15.1 Å². The Hall–Kier alpha value is -1.55. The lowest BCUT2D eigenvalue weighted by Crippen LogP contribution is -2.43. The summed E-state index contributed by atoms with van der Waals surface area (Å²) < 4.78 is 7.42. The molecule has 0 bridgehead atoms. The van der Waals surface area contributed by atoms with Gasteiger partial charge in [-0.15, -0.1) is 0 Å². The van der Waals surface area contributed by atoms with Gasteiger partial charge in [0, 0.05) is 18.5 Å². The molecule has 1 aliphatic rings. The van der Waals surface area contributed by atoms with E-state index in [1.54, 1.807) is 7.11 Å². The molecule has 0 amide bonds. The van der Waals surface area contributed by atoms with Gasteiger partial charge in [0.15, 0.2) is 0 Å². The summed E-state index contributed by atoms with van der Waals surface area (Å²) in [5, 5.41) is 8.81. The van der Waals surface area contributed by atoms with Gasteiger partial charge in [-0.25, -0.2) is 0 Å². The Morgan fingerprint density at radius 2 is 2.33 bits per heavy atom. The number of hydrogen-bond acceptors (Lipinski definition) is 3. The minimum Gasteiger partial charge on any atom is -0.494 e. The smallest absolute Gasteiger partial charge is 0.144 e. The Morgan fingerprint density at radius 1 is 1.47 bits per heavy atom. The van der Waals surface area contributed by atoms with E-state index in [0.717, 1.165) is 29.7 Å². The number of hydrogen-bond donors (Lipinski definition) is 1. The number of aromatic nitrogens is 2. The summed E-state index contributed by atoms with van der Waals surface area (Å²) in [6, 6.07) is 6.51. The Morgan fingerprint density at radius 3 is 3.00 bits per heavy atom. The van der Waals surface area contributed by atoms with Crippen molar-refractivity contribution in [3.8, 4) is 5.75 Å². The molecule has 3 rings (SSSR count). The molecular formula is C11H13N3O. The summed E-state index contributed by atoms with van der Waals surface area (Å²) in [6.45, 7) is 1.99. The zero-order valence-electron chi connectivity index (χ0n) is 8.60. The lowest BCUT2D eigenvalue weighted by Gasteiger charge is -2.28. The third-order valence-corrected chi connectivity index (χ3v) is 2.91. The molecule has 1 N–H and O–H groups in total. The third kappa shape index (κ3) is 1.22. The highest BCUT2D eigenvalue weighted by atomic mass is 16.5. The molecule has 1 aromatic carbocycles. The van der Waals surface area contributed by atoms with Gasteiger partial charge in [-0.2, -0.15) is 5.10 Å². The van der Waals surface area contributed by atoms with Gasteiger partial charge in [-0.3, -0.25) is 4.68 Å². The molecule has 1 fully saturated rings. The molecule has 78 valence electrons. The molecule has 0 saturated carbocycles. The topological polar surface area (TPSA) is 39.1 Å². The van der Waals surface area contributed by atoms with Crippen molar-refractivity contribution >= 4 is 10.9 Å². The maximum atomic E-state index is 5.36. The largest absolute Gasteiger partial charge is 0.494 e. The number of methoxy groups -OCH3 is 1. The van der Waals surface area contributed by atoms with Crippen LogP contribution in [0.15, 0.2) is 24.4 Å². The second-order valence-corrected chi connectivity index (χ2v) is 3.80. The number of benzene rings is 1. The van der Waals surface area contributed by atoms with E-state index >= 15 is 0 Å². The van der Waals surface area contributed by atoms with Crippen LogP contribution in [0.4, 0.5) is 0 Å². The third-order valence-electron chi connectivity index (χ3n) is 2.91. The standard InChI is InChI=1S/C11H13N3O/c1-15-10-4-2-3-8-5-13-14(11(8)10)9-6-12-7-9/h2-5,9,12H,6-7H2,1H3. The van der Waals surface area contributed by atoms with E-state index < -0.39 is 0 Å². The molecule has 0 unspecified atom stereocenters. The van der Waals surface area contributed by atoms with Gasteiger partial charge >= 0.3 is 0 Å². The van der Waals surface area contributed by atoms with Crippen molar-refractivity contribution in [1.29, 1.82) is 0 Å². The second-order valence-electron chi connectivity index (χ2n) is 3.80. The fraction of sp³-hybridized carbons (Fsp3) is 0.364.